The third-order valence-electron chi connectivity index (χ3n) is 2.99. The molecule has 0 aliphatic carbocycles. The minimum absolute atomic E-state index is 0. The Balaban J connectivity index is 0.00000289. The van der Waals surface area contributed by atoms with Crippen LogP contribution in [0.1, 0.15) is 6.92 Å². The van der Waals surface area contributed by atoms with E-state index in [2.05, 4.69) is 0 Å². The van der Waals surface area contributed by atoms with Gasteiger partial charge in [-0.1, -0.05) is 6.92 Å². The van der Waals surface area contributed by atoms with Crippen LogP contribution in [-0.2, 0) is 14.3 Å². The fourth-order valence-corrected chi connectivity index (χ4v) is 1.80. The molecule has 1 aliphatic rings. The molecule has 2 N–H and O–H groups in total. The number of carbonyl (C=O) groups is 2. The largest absolute Gasteiger partial charge is 0.375 e. The number of methoxy groups -OCH3 is 1. The molecule has 0 aromatic rings. The first-order valence-electron chi connectivity index (χ1n) is 5.85. The maximum Gasteiger partial charge on any atom is 0.248 e. The highest BCUT2D eigenvalue weighted by molar-refractivity contribution is 5.85. The van der Waals surface area contributed by atoms with Gasteiger partial charge in [0.1, 0.15) is 6.61 Å². The van der Waals surface area contributed by atoms with E-state index in [4.69, 9.17) is 10.5 Å². The van der Waals surface area contributed by atoms with Gasteiger partial charge in [0.2, 0.25) is 11.8 Å². The molecule has 2 amide bonds. The molecule has 1 aliphatic heterocycles. The van der Waals surface area contributed by atoms with Gasteiger partial charge in [-0.25, -0.2) is 0 Å². The first kappa shape index (κ1) is 17.2. The zero-order chi connectivity index (χ0) is 12.8. The molecular weight excluding hydrogens is 258 g/mol. The zero-order valence-corrected chi connectivity index (χ0v) is 11.7. The van der Waals surface area contributed by atoms with E-state index in [1.54, 1.807) is 9.80 Å². The van der Waals surface area contributed by atoms with E-state index in [0.29, 0.717) is 32.7 Å². The lowest BCUT2D eigenvalue weighted by atomic mass is 10.1. The lowest BCUT2D eigenvalue weighted by molar-refractivity contribution is -0.143. The molecule has 0 aromatic carbocycles. The summed E-state index contributed by atoms with van der Waals surface area (Å²) in [6.07, 6.45) is 0. The average molecular weight is 280 g/mol. The van der Waals surface area contributed by atoms with Crippen LogP contribution in [0.4, 0.5) is 0 Å². The van der Waals surface area contributed by atoms with Crippen LogP contribution in [0.2, 0.25) is 0 Å². The number of halogens is 1. The van der Waals surface area contributed by atoms with Gasteiger partial charge < -0.3 is 20.3 Å². The van der Waals surface area contributed by atoms with Gasteiger partial charge in [-0.15, -0.1) is 12.4 Å². The smallest absolute Gasteiger partial charge is 0.248 e. The van der Waals surface area contributed by atoms with Gasteiger partial charge in [-0.05, 0) is 0 Å². The highest BCUT2D eigenvalue weighted by atomic mass is 35.5. The van der Waals surface area contributed by atoms with Crippen molar-refractivity contribution >= 4 is 24.2 Å². The summed E-state index contributed by atoms with van der Waals surface area (Å²) in [5.41, 5.74) is 5.47. The van der Waals surface area contributed by atoms with Crippen LogP contribution in [-0.4, -0.2) is 68.1 Å². The normalized spacial score (nSPS) is 17.1. The summed E-state index contributed by atoms with van der Waals surface area (Å²) in [5, 5.41) is 0. The van der Waals surface area contributed by atoms with Crippen LogP contribution >= 0.6 is 12.4 Å². The maximum absolute atomic E-state index is 11.8. The highest BCUT2D eigenvalue weighted by Crippen LogP contribution is 2.07. The molecule has 0 spiro atoms. The molecule has 1 fully saturated rings. The monoisotopic (exact) mass is 279 g/mol. The van der Waals surface area contributed by atoms with E-state index in [-0.39, 0.29) is 36.7 Å². The van der Waals surface area contributed by atoms with Crippen LogP contribution in [0.5, 0.6) is 0 Å². The van der Waals surface area contributed by atoms with Gasteiger partial charge in [0.15, 0.2) is 0 Å². The van der Waals surface area contributed by atoms with Crippen molar-refractivity contribution in [3.05, 3.63) is 0 Å². The Labute approximate surface area is 114 Å². The van der Waals surface area contributed by atoms with E-state index >= 15 is 0 Å². The minimum Gasteiger partial charge on any atom is -0.375 e. The van der Waals surface area contributed by atoms with Crippen LogP contribution in [0.25, 0.3) is 0 Å². The molecule has 0 aromatic heterocycles. The Hall–Kier alpha value is -0.850. The van der Waals surface area contributed by atoms with Gasteiger partial charge in [-0.3, -0.25) is 9.59 Å². The number of nitrogens with zero attached hydrogens (tertiary/aromatic N) is 2. The molecule has 0 radical (unpaired) electrons. The molecule has 1 unspecified atom stereocenters. The molecule has 18 heavy (non-hydrogen) atoms. The van der Waals surface area contributed by atoms with Crippen molar-refractivity contribution in [2.45, 2.75) is 6.92 Å². The molecule has 1 heterocycles. The Kier molecular flexibility index (Phi) is 7.90. The average Bonchev–Trinajstić information content (AvgIpc) is 2.37. The summed E-state index contributed by atoms with van der Waals surface area (Å²) >= 11 is 0. The lowest BCUT2D eigenvalue weighted by Gasteiger charge is -2.35. The molecule has 1 saturated heterocycles. The van der Waals surface area contributed by atoms with Crippen molar-refractivity contribution in [3.8, 4) is 0 Å². The second kappa shape index (κ2) is 8.29. The Morgan fingerprint density at radius 1 is 1.22 bits per heavy atom. The van der Waals surface area contributed by atoms with E-state index in [1.165, 1.54) is 7.11 Å². The van der Waals surface area contributed by atoms with Crippen molar-refractivity contribution in [2.24, 2.45) is 11.7 Å². The summed E-state index contributed by atoms with van der Waals surface area (Å²) in [5.74, 6) is -0.0889. The molecule has 1 rings (SSSR count). The first-order chi connectivity index (χ1) is 8.10. The number of hydrogen-bond acceptors (Lipinski definition) is 4. The van der Waals surface area contributed by atoms with Crippen LogP contribution in [0.3, 0.4) is 0 Å². The highest BCUT2D eigenvalue weighted by Gasteiger charge is 2.25. The van der Waals surface area contributed by atoms with Crippen molar-refractivity contribution in [3.63, 3.8) is 0 Å². The second-order valence-corrected chi connectivity index (χ2v) is 4.28. The predicted molar refractivity (Wildman–Crippen MR) is 70.5 cm³/mol. The molecule has 6 nitrogen and oxygen atoms in total. The number of ether oxygens (including phenoxy) is 1. The van der Waals surface area contributed by atoms with Crippen molar-refractivity contribution in [1.82, 2.24) is 9.80 Å². The quantitative estimate of drug-likeness (QED) is 0.740. The van der Waals surface area contributed by atoms with Gasteiger partial charge in [0, 0.05) is 45.8 Å². The van der Waals surface area contributed by atoms with E-state index < -0.39 is 0 Å². The fraction of sp³-hybridized carbons (Fsp3) is 0.818. The summed E-state index contributed by atoms with van der Waals surface area (Å²) < 4.78 is 4.80. The fourth-order valence-electron chi connectivity index (χ4n) is 1.80. The molecule has 7 heteroatoms. The summed E-state index contributed by atoms with van der Waals surface area (Å²) in [7, 11) is 1.50. The number of rotatable bonds is 4. The first-order valence-corrected chi connectivity index (χ1v) is 5.85. The van der Waals surface area contributed by atoms with Crippen molar-refractivity contribution in [2.75, 3.05) is 46.4 Å². The Morgan fingerprint density at radius 2 is 1.72 bits per heavy atom. The molecule has 106 valence electrons. The topological polar surface area (TPSA) is 75.9 Å². The SMILES string of the molecule is COCC(=O)N1CCN(C(=O)C(C)CN)CC1.Cl. The van der Waals surface area contributed by atoms with Crippen molar-refractivity contribution < 1.29 is 14.3 Å². The minimum atomic E-state index is -0.142. The molecule has 0 saturated carbocycles. The van der Waals surface area contributed by atoms with Gasteiger partial charge in [0.05, 0.1) is 0 Å². The molecular formula is C11H22ClN3O3. The molecule has 0 bridgehead atoms. The summed E-state index contributed by atoms with van der Waals surface area (Å²) in [6.45, 7) is 4.60. The number of hydrogen-bond donors (Lipinski definition) is 1. The van der Waals surface area contributed by atoms with E-state index in [1.807, 2.05) is 6.92 Å². The zero-order valence-electron chi connectivity index (χ0n) is 10.9. The number of amides is 2. The second-order valence-electron chi connectivity index (χ2n) is 4.28. The van der Waals surface area contributed by atoms with Crippen molar-refractivity contribution in [1.29, 1.82) is 0 Å². The van der Waals surface area contributed by atoms with E-state index in [0.717, 1.165) is 0 Å². The van der Waals surface area contributed by atoms with Gasteiger partial charge in [-0.2, -0.15) is 0 Å². The van der Waals surface area contributed by atoms with Crippen LogP contribution in [0.15, 0.2) is 0 Å². The Bertz CT molecular complexity index is 281. The lowest BCUT2D eigenvalue weighted by Crippen LogP contribution is -2.52. The number of carbonyl (C=O) groups excluding carboxylic acids is 2. The molecule has 1 atom stereocenters. The van der Waals surface area contributed by atoms with Gasteiger partial charge >= 0.3 is 0 Å². The standard InChI is InChI=1S/C11H21N3O3.ClH/c1-9(7-12)11(16)14-5-3-13(4-6-14)10(15)8-17-2;/h9H,3-8,12H2,1-2H3;1H. The number of piperazine rings is 1. The summed E-state index contributed by atoms with van der Waals surface area (Å²) in [6, 6.07) is 0. The number of nitrogens with two attached hydrogens (primary N) is 1. The van der Waals surface area contributed by atoms with Crippen LogP contribution < -0.4 is 5.73 Å². The third-order valence-corrected chi connectivity index (χ3v) is 2.99. The van der Waals surface area contributed by atoms with Crippen LogP contribution in [0, 0.1) is 5.92 Å². The van der Waals surface area contributed by atoms with Gasteiger partial charge in [0.25, 0.3) is 0 Å². The third kappa shape index (κ3) is 4.44. The maximum atomic E-state index is 11.8. The van der Waals surface area contributed by atoms with E-state index in [9.17, 15) is 9.59 Å². The predicted octanol–water partition coefficient (Wildman–Crippen LogP) is -0.680. The summed E-state index contributed by atoms with van der Waals surface area (Å²) in [4.78, 5) is 26.9. The Morgan fingerprint density at radius 3 is 2.17 bits per heavy atom.